The molecular weight excluding hydrogens is 392 g/mol. The molecule has 0 amide bonds. The third-order valence-electron chi connectivity index (χ3n) is 3.80. The Kier molecular flexibility index (Phi) is 11.2. The molecular formula is C22H30O8. The van der Waals surface area contributed by atoms with E-state index >= 15 is 0 Å². The maximum Gasteiger partial charge on any atom is 0.339 e. The average Bonchev–Trinajstić information content (AvgIpc) is 2.76. The highest BCUT2D eigenvalue weighted by atomic mass is 16.5. The zero-order valence-corrected chi connectivity index (χ0v) is 18.1. The maximum absolute atomic E-state index is 12.8. The predicted octanol–water partition coefficient (Wildman–Crippen LogP) is 3.95. The second-order valence-electron chi connectivity index (χ2n) is 6.45. The van der Waals surface area contributed by atoms with Crippen LogP contribution in [0.15, 0.2) is 12.1 Å². The number of carbonyl (C=O) groups excluding carboxylic acids is 4. The summed E-state index contributed by atoms with van der Waals surface area (Å²) in [6.45, 7) is 7.69. The van der Waals surface area contributed by atoms with E-state index in [0.29, 0.717) is 25.7 Å². The molecule has 1 rings (SSSR count). The van der Waals surface area contributed by atoms with Crippen molar-refractivity contribution in [1.29, 1.82) is 0 Å². The molecule has 0 aliphatic heterocycles. The summed E-state index contributed by atoms with van der Waals surface area (Å²) in [5.74, 6) is -3.40. The molecule has 0 bridgehead atoms. The van der Waals surface area contributed by atoms with E-state index in [1.807, 2.05) is 13.8 Å². The Labute approximate surface area is 176 Å². The fourth-order valence-electron chi connectivity index (χ4n) is 2.45. The summed E-state index contributed by atoms with van der Waals surface area (Å²) in [5, 5.41) is 0. The van der Waals surface area contributed by atoms with Gasteiger partial charge >= 0.3 is 23.9 Å². The molecule has 30 heavy (non-hydrogen) atoms. The summed E-state index contributed by atoms with van der Waals surface area (Å²) in [6.07, 6.45) is 2.23. The topological polar surface area (TPSA) is 105 Å². The van der Waals surface area contributed by atoms with Crippen molar-refractivity contribution in [3.05, 3.63) is 34.4 Å². The molecule has 0 heterocycles. The van der Waals surface area contributed by atoms with Gasteiger partial charge in [0, 0.05) is 0 Å². The Balaban J connectivity index is 3.63. The van der Waals surface area contributed by atoms with Gasteiger partial charge in [-0.1, -0.05) is 27.7 Å². The molecule has 0 aromatic heterocycles. The number of hydrogen-bond donors (Lipinski definition) is 0. The van der Waals surface area contributed by atoms with Crippen LogP contribution < -0.4 is 0 Å². The first-order valence-electron chi connectivity index (χ1n) is 10.3. The van der Waals surface area contributed by atoms with Crippen molar-refractivity contribution in [2.75, 3.05) is 26.4 Å². The number of esters is 4. The van der Waals surface area contributed by atoms with Gasteiger partial charge in [-0.3, -0.25) is 0 Å². The van der Waals surface area contributed by atoms with Crippen molar-refractivity contribution in [3.8, 4) is 0 Å². The van der Waals surface area contributed by atoms with E-state index in [1.165, 1.54) is 12.1 Å². The minimum absolute atomic E-state index is 0.0796. The zero-order valence-electron chi connectivity index (χ0n) is 18.1. The Morgan fingerprint density at radius 2 is 0.800 bits per heavy atom. The summed E-state index contributed by atoms with van der Waals surface area (Å²) in [7, 11) is 0. The van der Waals surface area contributed by atoms with Crippen LogP contribution in [0.5, 0.6) is 0 Å². The molecule has 1 aromatic rings. The monoisotopic (exact) mass is 422 g/mol. The van der Waals surface area contributed by atoms with Crippen LogP contribution in [0.25, 0.3) is 0 Å². The number of hydrogen-bond acceptors (Lipinski definition) is 8. The summed E-state index contributed by atoms with van der Waals surface area (Å²) in [5.41, 5.74) is -1.03. The minimum Gasteiger partial charge on any atom is -0.462 e. The molecule has 8 heteroatoms. The van der Waals surface area contributed by atoms with E-state index in [9.17, 15) is 19.2 Å². The quantitative estimate of drug-likeness (QED) is 0.368. The second-order valence-corrected chi connectivity index (χ2v) is 6.45. The van der Waals surface area contributed by atoms with Crippen LogP contribution >= 0.6 is 0 Å². The molecule has 0 saturated heterocycles. The lowest BCUT2D eigenvalue weighted by Crippen LogP contribution is -2.24. The van der Waals surface area contributed by atoms with Crippen molar-refractivity contribution in [1.82, 2.24) is 0 Å². The lowest BCUT2D eigenvalue weighted by molar-refractivity contribution is 0.0423. The normalized spacial score (nSPS) is 10.3. The van der Waals surface area contributed by atoms with Gasteiger partial charge in [0.2, 0.25) is 0 Å². The van der Waals surface area contributed by atoms with E-state index in [2.05, 4.69) is 0 Å². The molecule has 0 aliphatic carbocycles. The van der Waals surface area contributed by atoms with Gasteiger partial charge in [-0.2, -0.15) is 0 Å². The van der Waals surface area contributed by atoms with Crippen LogP contribution in [-0.4, -0.2) is 50.3 Å². The van der Waals surface area contributed by atoms with Crippen LogP contribution in [-0.2, 0) is 18.9 Å². The van der Waals surface area contributed by atoms with Crippen LogP contribution in [0.4, 0.5) is 0 Å². The van der Waals surface area contributed by atoms with Gasteiger partial charge in [-0.25, -0.2) is 19.2 Å². The van der Waals surface area contributed by atoms with Crippen molar-refractivity contribution in [2.24, 2.45) is 0 Å². The second kappa shape index (κ2) is 13.3. The van der Waals surface area contributed by atoms with Gasteiger partial charge in [0.05, 0.1) is 48.7 Å². The molecule has 0 aliphatic rings. The smallest absolute Gasteiger partial charge is 0.339 e. The standard InChI is InChI=1S/C22H30O8/c1-5-11-27-19(23)15-9-10-16(20(24)28-12-6-2)18(22(26)30-14-8-4)17(15)21(25)29-13-7-3/h9-10H,5-8,11-14H2,1-4H3. The third kappa shape index (κ3) is 6.86. The SMILES string of the molecule is CCCOC(=O)c1ccc(C(=O)OCCC)c(C(=O)OCCC)c1C(=O)OCCC. The van der Waals surface area contributed by atoms with E-state index in [-0.39, 0.29) is 48.7 Å². The van der Waals surface area contributed by atoms with E-state index < -0.39 is 23.9 Å². The number of carbonyl (C=O) groups is 4. The summed E-state index contributed by atoms with van der Waals surface area (Å²) < 4.78 is 20.6. The van der Waals surface area contributed by atoms with Crippen LogP contribution in [0.3, 0.4) is 0 Å². The van der Waals surface area contributed by atoms with Gasteiger partial charge in [-0.15, -0.1) is 0 Å². The van der Waals surface area contributed by atoms with Crippen molar-refractivity contribution < 1.29 is 38.1 Å². The molecule has 0 atom stereocenters. The molecule has 8 nitrogen and oxygen atoms in total. The van der Waals surface area contributed by atoms with E-state index in [1.54, 1.807) is 13.8 Å². The van der Waals surface area contributed by atoms with Gasteiger partial charge in [0.15, 0.2) is 0 Å². The third-order valence-corrected chi connectivity index (χ3v) is 3.80. The highest BCUT2D eigenvalue weighted by molar-refractivity contribution is 6.15. The largest absolute Gasteiger partial charge is 0.462 e. The first-order valence-corrected chi connectivity index (χ1v) is 10.3. The zero-order chi connectivity index (χ0) is 22.5. The number of ether oxygens (including phenoxy) is 4. The molecule has 0 radical (unpaired) electrons. The summed E-state index contributed by atoms with van der Waals surface area (Å²) in [4.78, 5) is 50.7. The molecule has 1 aromatic carbocycles. The highest BCUT2D eigenvalue weighted by Crippen LogP contribution is 2.24. The molecule has 0 saturated carbocycles. The van der Waals surface area contributed by atoms with Crippen LogP contribution in [0.2, 0.25) is 0 Å². The first kappa shape index (κ1) is 25.1. The van der Waals surface area contributed by atoms with Gasteiger partial charge < -0.3 is 18.9 Å². The number of benzene rings is 1. The van der Waals surface area contributed by atoms with Gasteiger partial charge in [0.1, 0.15) is 0 Å². The Morgan fingerprint density at radius 3 is 1.07 bits per heavy atom. The lowest BCUT2D eigenvalue weighted by Gasteiger charge is -2.16. The molecule has 0 N–H and O–H groups in total. The predicted molar refractivity (Wildman–Crippen MR) is 109 cm³/mol. The Morgan fingerprint density at radius 1 is 0.533 bits per heavy atom. The first-order chi connectivity index (χ1) is 14.4. The van der Waals surface area contributed by atoms with Crippen molar-refractivity contribution in [2.45, 2.75) is 53.4 Å². The lowest BCUT2D eigenvalue weighted by atomic mass is 9.95. The molecule has 0 unspecified atom stereocenters. The van der Waals surface area contributed by atoms with E-state index in [4.69, 9.17) is 18.9 Å². The fraction of sp³-hybridized carbons (Fsp3) is 0.545. The minimum atomic E-state index is -0.908. The fourth-order valence-corrected chi connectivity index (χ4v) is 2.45. The molecule has 166 valence electrons. The van der Waals surface area contributed by atoms with Gasteiger partial charge in [0.25, 0.3) is 0 Å². The average molecular weight is 422 g/mol. The van der Waals surface area contributed by atoms with E-state index in [0.717, 1.165) is 0 Å². The number of rotatable bonds is 12. The van der Waals surface area contributed by atoms with Crippen molar-refractivity contribution in [3.63, 3.8) is 0 Å². The Hall–Kier alpha value is -2.90. The van der Waals surface area contributed by atoms with Crippen LogP contribution in [0, 0.1) is 0 Å². The molecule has 0 spiro atoms. The summed E-state index contributed by atoms with van der Waals surface area (Å²) >= 11 is 0. The van der Waals surface area contributed by atoms with Gasteiger partial charge in [-0.05, 0) is 37.8 Å². The maximum atomic E-state index is 12.8. The Bertz CT molecular complexity index is 691. The summed E-state index contributed by atoms with van der Waals surface area (Å²) in [6, 6.07) is 2.53. The van der Waals surface area contributed by atoms with Crippen LogP contribution in [0.1, 0.15) is 94.8 Å². The molecule has 0 fully saturated rings. The highest BCUT2D eigenvalue weighted by Gasteiger charge is 2.32. The van der Waals surface area contributed by atoms with Crippen molar-refractivity contribution >= 4 is 23.9 Å².